The van der Waals surface area contributed by atoms with Crippen molar-refractivity contribution in [3.63, 3.8) is 0 Å². The molecule has 5 aromatic rings. The van der Waals surface area contributed by atoms with E-state index in [1.807, 2.05) is 97.1 Å². The molecule has 0 fully saturated rings. The van der Waals surface area contributed by atoms with Crippen molar-refractivity contribution in [2.24, 2.45) is 0 Å². The van der Waals surface area contributed by atoms with Crippen molar-refractivity contribution in [1.82, 2.24) is 0 Å². The Bertz CT molecular complexity index is 1660. The van der Waals surface area contributed by atoms with E-state index in [2.05, 4.69) is 23.7 Å². The van der Waals surface area contributed by atoms with E-state index in [1.165, 1.54) is 0 Å². The lowest BCUT2D eigenvalue weighted by Gasteiger charge is -2.06. The fourth-order valence-corrected chi connectivity index (χ4v) is 4.06. The van der Waals surface area contributed by atoms with Crippen molar-refractivity contribution in [3.05, 3.63) is 178 Å². The zero-order chi connectivity index (χ0) is 29.0. The number of esters is 2. The van der Waals surface area contributed by atoms with Crippen LogP contribution in [0.1, 0.15) is 54.1 Å². The molecule has 0 aliphatic carbocycles. The molecule has 202 valence electrons. The fraction of sp³-hybridized carbons (Fsp3) is 0.0526. The summed E-state index contributed by atoms with van der Waals surface area (Å²) >= 11 is 0. The number of carbonyl (C=O) groups is 2. The van der Waals surface area contributed by atoms with Gasteiger partial charge in [0.05, 0.1) is 11.1 Å². The summed E-state index contributed by atoms with van der Waals surface area (Å²) in [5.74, 6) is 11.6. The molecule has 42 heavy (non-hydrogen) atoms. The van der Waals surface area contributed by atoms with E-state index in [1.54, 1.807) is 36.4 Å². The van der Waals surface area contributed by atoms with Gasteiger partial charge in [-0.25, -0.2) is 9.59 Å². The SMILES string of the molecule is O=C(OCc1ccccc1)c1ccccc1C#Cc1ccc(C#Cc2ccccc2C(=O)OCc2ccccc2)cc1. The first-order valence-electron chi connectivity index (χ1n) is 13.4. The highest BCUT2D eigenvalue weighted by Gasteiger charge is 2.12. The molecule has 0 amide bonds. The average molecular weight is 547 g/mol. The van der Waals surface area contributed by atoms with Crippen molar-refractivity contribution in [2.45, 2.75) is 13.2 Å². The molecular weight excluding hydrogens is 520 g/mol. The van der Waals surface area contributed by atoms with E-state index in [-0.39, 0.29) is 13.2 Å². The third-order valence-electron chi connectivity index (χ3n) is 6.29. The first-order valence-corrected chi connectivity index (χ1v) is 13.4. The summed E-state index contributed by atoms with van der Waals surface area (Å²) in [7, 11) is 0. The first-order chi connectivity index (χ1) is 20.7. The van der Waals surface area contributed by atoms with Gasteiger partial charge in [0.25, 0.3) is 0 Å². The largest absolute Gasteiger partial charge is 0.457 e. The zero-order valence-corrected chi connectivity index (χ0v) is 22.7. The highest BCUT2D eigenvalue weighted by atomic mass is 16.5. The molecule has 0 radical (unpaired) electrons. The molecule has 0 saturated carbocycles. The fourth-order valence-electron chi connectivity index (χ4n) is 4.06. The molecule has 0 aliphatic rings. The number of benzene rings is 5. The van der Waals surface area contributed by atoms with E-state index in [0.29, 0.717) is 22.3 Å². The molecule has 0 N–H and O–H groups in total. The van der Waals surface area contributed by atoms with Crippen molar-refractivity contribution in [3.8, 4) is 23.7 Å². The topological polar surface area (TPSA) is 52.6 Å². The summed E-state index contributed by atoms with van der Waals surface area (Å²) in [6, 6.07) is 40.9. The first kappa shape index (κ1) is 27.7. The van der Waals surface area contributed by atoms with Gasteiger partial charge in [-0.1, -0.05) is 109 Å². The van der Waals surface area contributed by atoms with Crippen LogP contribution in [-0.4, -0.2) is 11.9 Å². The molecule has 0 saturated heterocycles. The monoisotopic (exact) mass is 546 g/mol. The molecular formula is C38H26O4. The van der Waals surface area contributed by atoms with Crippen LogP contribution in [0.5, 0.6) is 0 Å². The van der Waals surface area contributed by atoms with Crippen molar-refractivity contribution >= 4 is 11.9 Å². The Labute approximate surface area is 245 Å². The van der Waals surface area contributed by atoms with E-state index < -0.39 is 11.9 Å². The Hall–Kier alpha value is -5.84. The summed E-state index contributed by atoms with van der Waals surface area (Å²) in [6.45, 7) is 0.395. The van der Waals surface area contributed by atoms with Crippen LogP contribution < -0.4 is 0 Å². The highest BCUT2D eigenvalue weighted by molar-refractivity contribution is 5.93. The maximum Gasteiger partial charge on any atom is 0.339 e. The summed E-state index contributed by atoms with van der Waals surface area (Å²) in [6.07, 6.45) is 0. The molecule has 0 bridgehead atoms. The Kier molecular flexibility index (Phi) is 9.23. The second kappa shape index (κ2) is 14.0. The van der Waals surface area contributed by atoms with Gasteiger partial charge in [0.2, 0.25) is 0 Å². The van der Waals surface area contributed by atoms with Crippen LogP contribution in [0.3, 0.4) is 0 Å². The number of hydrogen-bond acceptors (Lipinski definition) is 4. The minimum atomic E-state index is -0.418. The number of hydrogen-bond donors (Lipinski definition) is 0. The average Bonchev–Trinajstić information content (AvgIpc) is 3.06. The predicted octanol–water partition coefficient (Wildman–Crippen LogP) is 7.20. The zero-order valence-electron chi connectivity index (χ0n) is 22.7. The summed E-state index contributed by atoms with van der Waals surface area (Å²) in [5.41, 5.74) is 5.42. The van der Waals surface area contributed by atoms with Gasteiger partial charge in [0.15, 0.2) is 0 Å². The molecule has 4 nitrogen and oxygen atoms in total. The number of carbonyl (C=O) groups excluding carboxylic acids is 2. The van der Waals surface area contributed by atoms with Crippen LogP contribution in [0.15, 0.2) is 133 Å². The minimum Gasteiger partial charge on any atom is -0.457 e. The molecule has 5 rings (SSSR count). The third kappa shape index (κ3) is 7.63. The molecule has 0 aliphatic heterocycles. The maximum absolute atomic E-state index is 12.7. The Morgan fingerprint density at radius 2 is 0.786 bits per heavy atom. The normalized spacial score (nSPS) is 9.90. The lowest BCUT2D eigenvalue weighted by atomic mass is 10.1. The Morgan fingerprint density at radius 1 is 0.429 bits per heavy atom. The van der Waals surface area contributed by atoms with E-state index in [0.717, 1.165) is 22.3 Å². The van der Waals surface area contributed by atoms with Crippen molar-refractivity contribution < 1.29 is 19.1 Å². The Balaban J connectivity index is 1.25. The summed E-state index contributed by atoms with van der Waals surface area (Å²) in [5, 5.41) is 0. The predicted molar refractivity (Wildman–Crippen MR) is 162 cm³/mol. The highest BCUT2D eigenvalue weighted by Crippen LogP contribution is 2.14. The number of ether oxygens (including phenoxy) is 2. The van der Waals surface area contributed by atoms with Crippen LogP contribution >= 0.6 is 0 Å². The van der Waals surface area contributed by atoms with Gasteiger partial charge >= 0.3 is 11.9 Å². The van der Waals surface area contributed by atoms with Crippen molar-refractivity contribution in [2.75, 3.05) is 0 Å². The summed E-state index contributed by atoms with van der Waals surface area (Å²) < 4.78 is 11.0. The third-order valence-corrected chi connectivity index (χ3v) is 6.29. The molecule has 0 spiro atoms. The minimum absolute atomic E-state index is 0.198. The van der Waals surface area contributed by atoms with Gasteiger partial charge in [0.1, 0.15) is 13.2 Å². The second-order valence-corrected chi connectivity index (χ2v) is 9.29. The van der Waals surface area contributed by atoms with Crippen LogP contribution in [0.2, 0.25) is 0 Å². The lowest BCUT2D eigenvalue weighted by Crippen LogP contribution is -2.07. The quantitative estimate of drug-likeness (QED) is 0.167. The molecule has 0 unspecified atom stereocenters. The van der Waals surface area contributed by atoms with Gasteiger partial charge in [-0.15, -0.1) is 0 Å². The van der Waals surface area contributed by atoms with Crippen LogP contribution in [-0.2, 0) is 22.7 Å². The van der Waals surface area contributed by atoms with E-state index in [9.17, 15) is 9.59 Å². The van der Waals surface area contributed by atoms with Crippen LogP contribution in [0, 0.1) is 23.7 Å². The van der Waals surface area contributed by atoms with Gasteiger partial charge in [-0.05, 0) is 59.7 Å². The van der Waals surface area contributed by atoms with Crippen LogP contribution in [0.25, 0.3) is 0 Å². The molecule has 4 heteroatoms. The van der Waals surface area contributed by atoms with Gasteiger partial charge < -0.3 is 9.47 Å². The van der Waals surface area contributed by atoms with Crippen LogP contribution in [0.4, 0.5) is 0 Å². The standard InChI is InChI=1S/C38H26O4/c39-37(41-27-31-11-3-1-4-12-31)35-17-9-7-15-33(35)25-23-29-19-21-30(22-20-29)24-26-34-16-8-10-18-36(34)38(40)42-28-32-13-5-2-6-14-32/h1-22H,27-28H2. The van der Waals surface area contributed by atoms with Gasteiger partial charge in [0, 0.05) is 22.3 Å². The molecule has 5 aromatic carbocycles. The lowest BCUT2D eigenvalue weighted by molar-refractivity contribution is 0.0463. The van der Waals surface area contributed by atoms with Gasteiger partial charge in [-0.3, -0.25) is 0 Å². The number of rotatable bonds is 6. The molecule has 0 heterocycles. The molecule has 0 atom stereocenters. The van der Waals surface area contributed by atoms with E-state index in [4.69, 9.17) is 9.47 Å². The van der Waals surface area contributed by atoms with Crippen molar-refractivity contribution in [1.29, 1.82) is 0 Å². The second-order valence-electron chi connectivity index (χ2n) is 9.29. The van der Waals surface area contributed by atoms with E-state index >= 15 is 0 Å². The smallest absolute Gasteiger partial charge is 0.339 e. The van der Waals surface area contributed by atoms with Gasteiger partial charge in [-0.2, -0.15) is 0 Å². The Morgan fingerprint density at radius 3 is 1.19 bits per heavy atom. The maximum atomic E-state index is 12.7. The summed E-state index contributed by atoms with van der Waals surface area (Å²) in [4.78, 5) is 25.4. The molecule has 0 aromatic heterocycles.